The van der Waals surface area contributed by atoms with Crippen molar-refractivity contribution < 1.29 is 4.74 Å². The number of hydrogen-bond donors (Lipinski definition) is 1. The summed E-state index contributed by atoms with van der Waals surface area (Å²) in [4.78, 5) is 3.83. The lowest BCUT2D eigenvalue weighted by Gasteiger charge is -1.90. The van der Waals surface area contributed by atoms with Crippen molar-refractivity contribution in [3.05, 3.63) is 12.3 Å². The van der Waals surface area contributed by atoms with Crippen LogP contribution in [0, 0.1) is 0 Å². The molecule has 0 aromatic carbocycles. The van der Waals surface area contributed by atoms with E-state index in [1.807, 2.05) is 13.0 Å². The molecule has 0 saturated heterocycles. The monoisotopic (exact) mass is 142 g/mol. The van der Waals surface area contributed by atoms with E-state index in [-0.39, 0.29) is 0 Å². The molecule has 0 aliphatic carbocycles. The lowest BCUT2D eigenvalue weighted by molar-refractivity contribution is 0.177. The van der Waals surface area contributed by atoms with Crippen LogP contribution in [-0.4, -0.2) is 19.0 Å². The first-order valence-electron chi connectivity index (χ1n) is 3.30. The Morgan fingerprint density at radius 2 is 2.40 bits per heavy atom. The third-order valence-electron chi connectivity index (χ3n) is 0.802. The largest absolute Gasteiger partial charge is 0.387 e. The van der Waals surface area contributed by atoms with Gasteiger partial charge in [-0.05, 0) is 19.9 Å². The third kappa shape index (κ3) is 7.17. The number of rotatable bonds is 4. The first-order valence-corrected chi connectivity index (χ1v) is 3.30. The van der Waals surface area contributed by atoms with E-state index < -0.39 is 0 Å². The Labute approximate surface area is 61.6 Å². The van der Waals surface area contributed by atoms with Crippen LogP contribution < -0.4 is 5.73 Å². The average molecular weight is 142 g/mol. The van der Waals surface area contributed by atoms with E-state index in [1.54, 1.807) is 13.1 Å². The predicted octanol–water partition coefficient (Wildman–Crippen LogP) is 0.914. The topological polar surface area (TPSA) is 47.6 Å². The van der Waals surface area contributed by atoms with E-state index >= 15 is 0 Å². The third-order valence-corrected chi connectivity index (χ3v) is 0.802. The maximum Gasteiger partial charge on any atom is 0.0957 e. The molecule has 0 aliphatic heterocycles. The second-order valence-electron chi connectivity index (χ2n) is 1.81. The lowest BCUT2D eigenvalue weighted by Crippen LogP contribution is -2.03. The van der Waals surface area contributed by atoms with Crippen molar-refractivity contribution in [1.29, 1.82) is 0 Å². The van der Waals surface area contributed by atoms with E-state index in [0.717, 1.165) is 6.61 Å². The van der Waals surface area contributed by atoms with Crippen LogP contribution >= 0.6 is 0 Å². The summed E-state index contributed by atoms with van der Waals surface area (Å²) in [5.41, 5.74) is 5.27. The van der Waals surface area contributed by atoms with Gasteiger partial charge in [-0.25, -0.2) is 4.99 Å². The maximum atomic E-state index is 5.27. The zero-order valence-electron chi connectivity index (χ0n) is 6.50. The van der Waals surface area contributed by atoms with E-state index in [9.17, 15) is 0 Å². The van der Waals surface area contributed by atoms with Crippen LogP contribution in [0.25, 0.3) is 0 Å². The van der Waals surface area contributed by atoms with Crippen molar-refractivity contribution in [3.8, 4) is 0 Å². The summed E-state index contributed by atoms with van der Waals surface area (Å²) in [7, 11) is 0. The quantitative estimate of drug-likeness (QED) is 0.360. The van der Waals surface area contributed by atoms with Crippen LogP contribution in [0.1, 0.15) is 13.8 Å². The van der Waals surface area contributed by atoms with E-state index in [0.29, 0.717) is 12.4 Å². The molecule has 0 aliphatic rings. The van der Waals surface area contributed by atoms with E-state index in [4.69, 9.17) is 10.5 Å². The highest BCUT2D eigenvalue weighted by molar-refractivity contribution is 5.77. The van der Waals surface area contributed by atoms with Gasteiger partial charge in [0.05, 0.1) is 12.4 Å². The molecule has 58 valence electrons. The second kappa shape index (κ2) is 6.29. The van der Waals surface area contributed by atoms with Gasteiger partial charge in [-0.2, -0.15) is 0 Å². The highest BCUT2D eigenvalue weighted by Crippen LogP contribution is 1.78. The molecule has 0 radical (unpaired) electrons. The Bertz CT molecular complexity index is 126. The zero-order valence-corrected chi connectivity index (χ0v) is 6.50. The molecule has 0 spiro atoms. The van der Waals surface area contributed by atoms with Gasteiger partial charge in [-0.1, -0.05) is 0 Å². The van der Waals surface area contributed by atoms with Crippen molar-refractivity contribution in [2.45, 2.75) is 13.8 Å². The van der Waals surface area contributed by atoms with Gasteiger partial charge < -0.3 is 10.5 Å². The van der Waals surface area contributed by atoms with Gasteiger partial charge >= 0.3 is 0 Å². The van der Waals surface area contributed by atoms with Crippen molar-refractivity contribution in [1.82, 2.24) is 0 Å². The number of ether oxygens (including phenoxy) is 1. The zero-order chi connectivity index (χ0) is 7.82. The predicted molar refractivity (Wildman–Crippen MR) is 42.9 cm³/mol. The Morgan fingerprint density at radius 1 is 1.70 bits per heavy atom. The SMILES string of the molecule is CCOC/C=C/N=C(C)N. The highest BCUT2D eigenvalue weighted by Gasteiger charge is 1.74. The smallest absolute Gasteiger partial charge is 0.0957 e. The molecule has 2 N–H and O–H groups in total. The van der Waals surface area contributed by atoms with Crippen molar-refractivity contribution >= 4 is 5.84 Å². The minimum Gasteiger partial charge on any atom is -0.387 e. The van der Waals surface area contributed by atoms with Gasteiger partial charge in [0.1, 0.15) is 0 Å². The van der Waals surface area contributed by atoms with Crippen molar-refractivity contribution in [3.63, 3.8) is 0 Å². The molecule has 0 aromatic heterocycles. The fourth-order valence-corrected chi connectivity index (χ4v) is 0.399. The summed E-state index contributed by atoms with van der Waals surface area (Å²) in [6.45, 7) is 5.03. The molecule has 10 heavy (non-hydrogen) atoms. The van der Waals surface area contributed by atoms with Crippen molar-refractivity contribution in [2.75, 3.05) is 13.2 Å². The molecular formula is C7H14N2O. The van der Waals surface area contributed by atoms with Crippen LogP contribution in [0.5, 0.6) is 0 Å². The molecule has 3 nitrogen and oxygen atoms in total. The summed E-state index contributed by atoms with van der Waals surface area (Å²) < 4.78 is 5.02. The van der Waals surface area contributed by atoms with E-state index in [1.165, 1.54) is 0 Å². The van der Waals surface area contributed by atoms with Gasteiger partial charge in [0.15, 0.2) is 0 Å². The average Bonchev–Trinajstić information content (AvgIpc) is 1.87. The number of aliphatic imine (C=N–C) groups is 1. The summed E-state index contributed by atoms with van der Waals surface area (Å²) in [5.74, 6) is 0.563. The Morgan fingerprint density at radius 3 is 2.90 bits per heavy atom. The lowest BCUT2D eigenvalue weighted by atomic mass is 10.6. The van der Waals surface area contributed by atoms with Gasteiger partial charge in [0.2, 0.25) is 0 Å². The van der Waals surface area contributed by atoms with Gasteiger partial charge in [-0.3, -0.25) is 0 Å². The van der Waals surface area contributed by atoms with Crippen LogP contribution in [0.3, 0.4) is 0 Å². The molecular weight excluding hydrogens is 128 g/mol. The summed E-state index contributed by atoms with van der Waals surface area (Å²) in [6, 6.07) is 0. The van der Waals surface area contributed by atoms with Crippen LogP contribution in [0.4, 0.5) is 0 Å². The molecule has 0 unspecified atom stereocenters. The molecule has 0 atom stereocenters. The Balaban J connectivity index is 3.29. The molecule has 0 fully saturated rings. The number of nitrogens with two attached hydrogens (primary N) is 1. The minimum atomic E-state index is 0.563. The fraction of sp³-hybridized carbons (Fsp3) is 0.571. The van der Waals surface area contributed by atoms with E-state index in [2.05, 4.69) is 4.99 Å². The molecule has 0 heterocycles. The first kappa shape index (κ1) is 9.17. The standard InChI is InChI=1S/C7H14N2O/c1-3-10-6-4-5-9-7(2)8/h4-5H,3,6H2,1-2H3,(H2,8,9)/b5-4+. The van der Waals surface area contributed by atoms with Crippen LogP contribution in [0.15, 0.2) is 17.3 Å². The molecule has 0 amide bonds. The fourth-order valence-electron chi connectivity index (χ4n) is 0.399. The Hall–Kier alpha value is -0.830. The summed E-state index contributed by atoms with van der Waals surface area (Å²) in [5, 5.41) is 0. The minimum absolute atomic E-state index is 0.563. The van der Waals surface area contributed by atoms with Crippen LogP contribution in [0.2, 0.25) is 0 Å². The van der Waals surface area contributed by atoms with Crippen molar-refractivity contribution in [2.24, 2.45) is 10.7 Å². The van der Waals surface area contributed by atoms with Gasteiger partial charge in [0.25, 0.3) is 0 Å². The molecule has 3 heteroatoms. The normalized spacial score (nSPS) is 12.8. The molecule has 0 bridgehead atoms. The second-order valence-corrected chi connectivity index (χ2v) is 1.81. The number of amidine groups is 1. The molecule has 0 saturated carbocycles. The maximum absolute atomic E-state index is 5.27. The van der Waals surface area contributed by atoms with Gasteiger partial charge in [-0.15, -0.1) is 0 Å². The number of nitrogens with zero attached hydrogens (tertiary/aromatic N) is 1. The highest BCUT2D eigenvalue weighted by atomic mass is 16.5. The Kier molecular flexibility index (Phi) is 5.77. The van der Waals surface area contributed by atoms with Crippen LogP contribution in [-0.2, 0) is 4.74 Å². The summed E-state index contributed by atoms with van der Waals surface area (Å²) in [6.07, 6.45) is 3.46. The molecule has 0 aromatic rings. The first-order chi connectivity index (χ1) is 4.77. The molecule has 0 rings (SSSR count). The van der Waals surface area contributed by atoms with Gasteiger partial charge in [0, 0.05) is 12.8 Å². The number of hydrogen-bond acceptors (Lipinski definition) is 2. The summed E-state index contributed by atoms with van der Waals surface area (Å²) >= 11 is 0.